The predicted octanol–water partition coefficient (Wildman–Crippen LogP) is 1.49. The summed E-state index contributed by atoms with van der Waals surface area (Å²) in [6.45, 7) is 3.84. The quantitative estimate of drug-likeness (QED) is 0.805. The molecular weight excluding hydrogens is 344 g/mol. The molecule has 0 spiro atoms. The fourth-order valence-electron chi connectivity index (χ4n) is 3.88. The smallest absolute Gasteiger partial charge is 0.271 e. The van der Waals surface area contributed by atoms with Crippen molar-refractivity contribution in [2.45, 2.75) is 26.4 Å². The molecule has 0 fully saturated rings. The van der Waals surface area contributed by atoms with Crippen LogP contribution < -0.4 is 4.74 Å². The Balaban J connectivity index is 1.51. The average Bonchev–Trinajstić information content (AvgIpc) is 3.01. The highest BCUT2D eigenvalue weighted by atomic mass is 16.5. The molecule has 1 aromatic carbocycles. The molecule has 7 nitrogen and oxygen atoms in total. The standard InChI is InChI=1S/C20H24N4O3/c1-13-18(20(26)22(2)3)24-9-8-23(11-17(24)21-13)19(25)15-10-14-6-4-5-7-16(14)27-12-15/h4-7,15H,8-12H2,1-3H3. The zero-order valence-electron chi connectivity index (χ0n) is 15.9. The minimum atomic E-state index is -0.176. The average molecular weight is 368 g/mol. The van der Waals surface area contributed by atoms with Crippen molar-refractivity contribution < 1.29 is 14.3 Å². The first-order chi connectivity index (χ1) is 13.0. The van der Waals surface area contributed by atoms with Crippen LogP contribution in [-0.2, 0) is 24.3 Å². The molecule has 2 amide bonds. The van der Waals surface area contributed by atoms with Gasteiger partial charge in [-0.3, -0.25) is 9.59 Å². The first kappa shape index (κ1) is 17.6. The molecule has 1 aromatic heterocycles. The van der Waals surface area contributed by atoms with Gasteiger partial charge in [0.05, 0.1) is 18.2 Å². The second-order valence-electron chi connectivity index (χ2n) is 7.39. The fourth-order valence-corrected chi connectivity index (χ4v) is 3.88. The van der Waals surface area contributed by atoms with Gasteiger partial charge in [0, 0.05) is 27.2 Å². The van der Waals surface area contributed by atoms with Crippen molar-refractivity contribution in [2.75, 3.05) is 27.2 Å². The van der Waals surface area contributed by atoms with Gasteiger partial charge in [-0.25, -0.2) is 4.98 Å². The van der Waals surface area contributed by atoms with Gasteiger partial charge in [-0.05, 0) is 25.0 Å². The molecule has 0 aliphatic carbocycles. The van der Waals surface area contributed by atoms with E-state index in [4.69, 9.17) is 4.74 Å². The molecule has 1 atom stereocenters. The summed E-state index contributed by atoms with van der Waals surface area (Å²) in [5.41, 5.74) is 2.42. The Morgan fingerprint density at radius 2 is 2.00 bits per heavy atom. The van der Waals surface area contributed by atoms with Crippen molar-refractivity contribution in [1.82, 2.24) is 19.4 Å². The molecule has 142 valence electrons. The number of fused-ring (bicyclic) bond motifs is 2. The highest BCUT2D eigenvalue weighted by Gasteiger charge is 2.33. The summed E-state index contributed by atoms with van der Waals surface area (Å²) in [6.07, 6.45) is 0.698. The molecule has 0 radical (unpaired) electrons. The number of hydrogen-bond donors (Lipinski definition) is 0. The Morgan fingerprint density at radius 1 is 1.22 bits per heavy atom. The molecule has 3 heterocycles. The lowest BCUT2D eigenvalue weighted by atomic mass is 9.95. The van der Waals surface area contributed by atoms with Gasteiger partial charge in [0.25, 0.3) is 5.91 Å². The van der Waals surface area contributed by atoms with Crippen LogP contribution in [0.4, 0.5) is 0 Å². The van der Waals surface area contributed by atoms with E-state index >= 15 is 0 Å². The SMILES string of the molecule is Cc1nc2n(c1C(=O)N(C)C)CCN(C(=O)C1COc3ccccc3C1)C2. The number of rotatable bonds is 2. The number of aromatic nitrogens is 2. The maximum absolute atomic E-state index is 13.0. The van der Waals surface area contributed by atoms with E-state index in [0.29, 0.717) is 44.0 Å². The van der Waals surface area contributed by atoms with Gasteiger partial charge >= 0.3 is 0 Å². The van der Waals surface area contributed by atoms with E-state index in [2.05, 4.69) is 4.98 Å². The Morgan fingerprint density at radius 3 is 2.78 bits per heavy atom. The number of carbonyl (C=O) groups excluding carboxylic acids is 2. The number of hydrogen-bond acceptors (Lipinski definition) is 4. The normalized spacial score (nSPS) is 18.3. The molecule has 2 aliphatic rings. The summed E-state index contributed by atoms with van der Waals surface area (Å²) in [5.74, 6) is 1.51. The fraction of sp³-hybridized carbons (Fsp3) is 0.450. The van der Waals surface area contributed by atoms with E-state index in [1.54, 1.807) is 19.0 Å². The molecule has 0 saturated heterocycles. The minimum absolute atomic E-state index is 0.0525. The van der Waals surface area contributed by atoms with Crippen molar-refractivity contribution in [3.05, 3.63) is 47.0 Å². The van der Waals surface area contributed by atoms with Gasteiger partial charge in [0.2, 0.25) is 5.91 Å². The van der Waals surface area contributed by atoms with Crippen LogP contribution in [0.1, 0.15) is 27.6 Å². The number of ether oxygens (including phenoxy) is 1. The van der Waals surface area contributed by atoms with Crippen LogP contribution in [0.5, 0.6) is 5.75 Å². The van der Waals surface area contributed by atoms with Crippen LogP contribution in [-0.4, -0.2) is 58.4 Å². The molecule has 7 heteroatoms. The van der Waals surface area contributed by atoms with E-state index in [-0.39, 0.29) is 17.7 Å². The molecule has 4 rings (SSSR count). The zero-order valence-corrected chi connectivity index (χ0v) is 15.9. The Bertz CT molecular complexity index is 903. The second-order valence-corrected chi connectivity index (χ2v) is 7.39. The number of amides is 2. The zero-order chi connectivity index (χ0) is 19.1. The van der Waals surface area contributed by atoms with Crippen molar-refractivity contribution in [1.29, 1.82) is 0 Å². The third-order valence-electron chi connectivity index (χ3n) is 5.30. The van der Waals surface area contributed by atoms with Crippen molar-refractivity contribution in [3.8, 4) is 5.75 Å². The van der Waals surface area contributed by atoms with Crippen molar-refractivity contribution in [3.63, 3.8) is 0 Å². The number of imidazole rings is 1. The third-order valence-corrected chi connectivity index (χ3v) is 5.30. The van der Waals surface area contributed by atoms with Crippen LogP contribution in [0.2, 0.25) is 0 Å². The van der Waals surface area contributed by atoms with Crippen LogP contribution in [0.15, 0.2) is 24.3 Å². The van der Waals surface area contributed by atoms with E-state index in [1.807, 2.05) is 40.7 Å². The first-order valence-corrected chi connectivity index (χ1v) is 9.23. The van der Waals surface area contributed by atoms with Gasteiger partial charge in [0.15, 0.2) is 0 Å². The van der Waals surface area contributed by atoms with Crippen molar-refractivity contribution in [2.24, 2.45) is 5.92 Å². The van der Waals surface area contributed by atoms with Gasteiger partial charge in [-0.1, -0.05) is 18.2 Å². The summed E-state index contributed by atoms with van der Waals surface area (Å²) in [7, 11) is 3.47. The maximum Gasteiger partial charge on any atom is 0.271 e. The molecular formula is C20H24N4O3. The van der Waals surface area contributed by atoms with Gasteiger partial charge in [-0.2, -0.15) is 0 Å². The van der Waals surface area contributed by atoms with E-state index in [9.17, 15) is 9.59 Å². The number of aryl methyl sites for hydroxylation is 1. The van der Waals surface area contributed by atoms with Crippen LogP contribution in [0.3, 0.4) is 0 Å². The topological polar surface area (TPSA) is 67.7 Å². The van der Waals surface area contributed by atoms with Gasteiger partial charge in [0.1, 0.15) is 23.9 Å². The van der Waals surface area contributed by atoms with Crippen LogP contribution in [0, 0.1) is 12.8 Å². The van der Waals surface area contributed by atoms with E-state index in [0.717, 1.165) is 17.1 Å². The summed E-state index contributed by atoms with van der Waals surface area (Å²) >= 11 is 0. The number of carbonyl (C=O) groups is 2. The molecule has 27 heavy (non-hydrogen) atoms. The third kappa shape index (κ3) is 3.07. The molecule has 2 aliphatic heterocycles. The highest BCUT2D eigenvalue weighted by molar-refractivity contribution is 5.93. The molecule has 0 saturated carbocycles. The summed E-state index contributed by atoms with van der Waals surface area (Å²) in [6, 6.07) is 7.87. The monoisotopic (exact) mass is 368 g/mol. The molecule has 1 unspecified atom stereocenters. The highest BCUT2D eigenvalue weighted by Crippen LogP contribution is 2.29. The van der Waals surface area contributed by atoms with Crippen LogP contribution in [0.25, 0.3) is 0 Å². The number of benzene rings is 1. The molecule has 0 bridgehead atoms. The molecule has 2 aromatic rings. The summed E-state index contributed by atoms with van der Waals surface area (Å²) < 4.78 is 7.73. The summed E-state index contributed by atoms with van der Waals surface area (Å²) in [5, 5.41) is 0. The number of nitrogens with zero attached hydrogens (tertiary/aromatic N) is 4. The Hall–Kier alpha value is -2.83. The lowest BCUT2D eigenvalue weighted by molar-refractivity contribution is -0.138. The van der Waals surface area contributed by atoms with E-state index < -0.39 is 0 Å². The maximum atomic E-state index is 13.0. The van der Waals surface area contributed by atoms with Crippen molar-refractivity contribution >= 4 is 11.8 Å². The minimum Gasteiger partial charge on any atom is -0.492 e. The lowest BCUT2D eigenvalue weighted by Crippen LogP contribution is -2.45. The lowest BCUT2D eigenvalue weighted by Gasteiger charge is -2.33. The number of para-hydroxylation sites is 1. The summed E-state index contributed by atoms with van der Waals surface area (Å²) in [4.78, 5) is 33.4. The van der Waals surface area contributed by atoms with Crippen LogP contribution >= 0.6 is 0 Å². The predicted molar refractivity (Wildman–Crippen MR) is 99.5 cm³/mol. The largest absolute Gasteiger partial charge is 0.492 e. The second kappa shape index (κ2) is 6.72. The van der Waals surface area contributed by atoms with Gasteiger partial charge in [-0.15, -0.1) is 0 Å². The first-order valence-electron chi connectivity index (χ1n) is 9.23. The van der Waals surface area contributed by atoms with E-state index in [1.165, 1.54) is 0 Å². The van der Waals surface area contributed by atoms with Gasteiger partial charge < -0.3 is 19.1 Å². The molecule has 0 N–H and O–H groups in total. The Labute approximate surface area is 158 Å². The Kier molecular flexibility index (Phi) is 4.37.